The highest BCUT2D eigenvalue weighted by Crippen LogP contribution is 2.29. The van der Waals surface area contributed by atoms with Gasteiger partial charge in [-0.05, 0) is 43.7 Å². The summed E-state index contributed by atoms with van der Waals surface area (Å²) in [6.07, 6.45) is 0. The van der Waals surface area contributed by atoms with Crippen molar-refractivity contribution in [2.75, 3.05) is 17.7 Å². The lowest BCUT2D eigenvalue weighted by Gasteiger charge is -2.13. The van der Waals surface area contributed by atoms with Crippen LogP contribution in [-0.4, -0.2) is 17.1 Å². The average molecular weight is 356 g/mol. The summed E-state index contributed by atoms with van der Waals surface area (Å²) in [6, 6.07) is 11.0. The molecule has 1 heterocycles. The van der Waals surface area contributed by atoms with Gasteiger partial charge in [-0.1, -0.05) is 6.07 Å². The maximum absolute atomic E-state index is 13.4. The molecule has 5 nitrogen and oxygen atoms in total. The number of aryl methyl sites for hydroxylation is 2. The molecule has 0 saturated heterocycles. The second-order valence-corrected chi connectivity index (χ2v) is 5.77. The fraction of sp³-hybridized carbons (Fsp3) is 0.158. The molecule has 3 rings (SSSR count). The van der Waals surface area contributed by atoms with E-state index in [-0.39, 0.29) is 0 Å². The number of hydrogen-bond donors (Lipinski definition) is 2. The van der Waals surface area contributed by atoms with E-state index in [0.29, 0.717) is 28.9 Å². The molecule has 0 bridgehead atoms. The molecule has 134 valence electrons. The summed E-state index contributed by atoms with van der Waals surface area (Å²) in [7, 11) is 1.59. The fourth-order valence-electron chi connectivity index (χ4n) is 2.48. The van der Waals surface area contributed by atoms with Gasteiger partial charge in [0.2, 0.25) is 0 Å². The molecule has 3 aromatic rings. The highest BCUT2D eigenvalue weighted by molar-refractivity contribution is 5.68. The topological polar surface area (TPSA) is 59.1 Å². The summed E-state index contributed by atoms with van der Waals surface area (Å²) in [4.78, 5) is 8.63. The molecule has 0 spiro atoms. The minimum Gasteiger partial charge on any atom is -0.495 e. The monoisotopic (exact) mass is 356 g/mol. The van der Waals surface area contributed by atoms with E-state index in [0.717, 1.165) is 23.4 Å². The lowest BCUT2D eigenvalue weighted by atomic mass is 10.2. The van der Waals surface area contributed by atoms with E-state index in [9.17, 15) is 8.78 Å². The van der Waals surface area contributed by atoms with E-state index in [2.05, 4.69) is 20.6 Å². The van der Waals surface area contributed by atoms with Crippen molar-refractivity contribution in [2.24, 2.45) is 0 Å². The summed E-state index contributed by atoms with van der Waals surface area (Å²) >= 11 is 0. The average Bonchev–Trinajstić information content (AvgIpc) is 2.58. The number of benzene rings is 2. The molecule has 0 aliphatic heterocycles. The number of aromatic nitrogens is 2. The first-order valence-electron chi connectivity index (χ1n) is 7.94. The van der Waals surface area contributed by atoms with Crippen LogP contribution in [0.15, 0.2) is 42.5 Å². The largest absolute Gasteiger partial charge is 0.495 e. The molecule has 0 aliphatic rings. The fourth-order valence-corrected chi connectivity index (χ4v) is 2.48. The van der Waals surface area contributed by atoms with Crippen molar-refractivity contribution in [3.8, 4) is 5.75 Å². The lowest BCUT2D eigenvalue weighted by Crippen LogP contribution is -2.03. The maximum atomic E-state index is 13.4. The number of methoxy groups -OCH3 is 1. The molecule has 0 radical (unpaired) electrons. The van der Waals surface area contributed by atoms with E-state index in [4.69, 9.17) is 4.74 Å². The minimum atomic E-state index is -0.927. The Morgan fingerprint density at radius 2 is 1.58 bits per heavy atom. The molecule has 26 heavy (non-hydrogen) atoms. The van der Waals surface area contributed by atoms with Gasteiger partial charge in [-0.25, -0.2) is 18.7 Å². The Balaban J connectivity index is 1.88. The maximum Gasteiger partial charge on any atom is 0.160 e. The Labute approximate surface area is 150 Å². The van der Waals surface area contributed by atoms with Gasteiger partial charge in [-0.2, -0.15) is 0 Å². The molecular weight excluding hydrogens is 338 g/mol. The molecule has 0 fully saturated rings. The van der Waals surface area contributed by atoms with E-state index in [1.54, 1.807) is 20.1 Å². The SMILES string of the molecule is COc1ccc(C)cc1Nc1cc(Nc2ccc(F)c(F)c2)nc(C)n1. The van der Waals surface area contributed by atoms with Gasteiger partial charge < -0.3 is 15.4 Å². The number of anilines is 4. The lowest BCUT2D eigenvalue weighted by molar-refractivity contribution is 0.416. The van der Waals surface area contributed by atoms with Crippen LogP contribution in [0.4, 0.5) is 31.8 Å². The van der Waals surface area contributed by atoms with Gasteiger partial charge in [0.25, 0.3) is 0 Å². The highest BCUT2D eigenvalue weighted by atomic mass is 19.2. The molecule has 0 atom stereocenters. The molecule has 0 aliphatic carbocycles. The standard InChI is InChI=1S/C19H18F2N4O/c1-11-4-7-17(26-3)16(8-11)25-19-10-18(22-12(2)23-19)24-13-5-6-14(20)15(21)9-13/h4-10H,1-3H3,(H2,22,23,24,25). The zero-order chi connectivity index (χ0) is 18.7. The Morgan fingerprint density at radius 1 is 0.846 bits per heavy atom. The van der Waals surface area contributed by atoms with Crippen LogP contribution in [0.5, 0.6) is 5.75 Å². The number of nitrogens with zero attached hydrogens (tertiary/aromatic N) is 2. The van der Waals surface area contributed by atoms with Crippen molar-refractivity contribution in [3.63, 3.8) is 0 Å². The molecule has 1 aromatic heterocycles. The van der Waals surface area contributed by atoms with Crippen LogP contribution in [-0.2, 0) is 0 Å². The van der Waals surface area contributed by atoms with Gasteiger partial charge in [0, 0.05) is 17.8 Å². The number of nitrogens with one attached hydrogen (secondary N) is 2. The van der Waals surface area contributed by atoms with Gasteiger partial charge in [0.05, 0.1) is 12.8 Å². The molecule has 7 heteroatoms. The summed E-state index contributed by atoms with van der Waals surface area (Å²) in [6.45, 7) is 3.72. The van der Waals surface area contributed by atoms with Crippen LogP contribution in [0, 0.1) is 25.5 Å². The van der Waals surface area contributed by atoms with Crippen molar-refractivity contribution in [2.45, 2.75) is 13.8 Å². The molecule has 0 amide bonds. The van der Waals surface area contributed by atoms with Crippen molar-refractivity contribution in [3.05, 3.63) is 65.5 Å². The van der Waals surface area contributed by atoms with Crippen LogP contribution < -0.4 is 15.4 Å². The van der Waals surface area contributed by atoms with Crippen LogP contribution in [0.1, 0.15) is 11.4 Å². The molecule has 0 unspecified atom stereocenters. The summed E-state index contributed by atoms with van der Waals surface area (Å²) in [5, 5.41) is 6.15. The Hall–Kier alpha value is -3.22. The van der Waals surface area contributed by atoms with Crippen molar-refractivity contribution in [1.29, 1.82) is 0 Å². The summed E-state index contributed by atoms with van der Waals surface area (Å²) < 4.78 is 31.8. The number of rotatable bonds is 5. The highest BCUT2D eigenvalue weighted by Gasteiger charge is 2.08. The van der Waals surface area contributed by atoms with E-state index in [1.807, 2.05) is 25.1 Å². The van der Waals surface area contributed by atoms with Crippen LogP contribution in [0.25, 0.3) is 0 Å². The van der Waals surface area contributed by atoms with Gasteiger partial charge in [0.15, 0.2) is 11.6 Å². The quantitative estimate of drug-likeness (QED) is 0.683. The van der Waals surface area contributed by atoms with Crippen LogP contribution >= 0.6 is 0 Å². The number of hydrogen-bond acceptors (Lipinski definition) is 5. The smallest absolute Gasteiger partial charge is 0.160 e. The normalized spacial score (nSPS) is 10.5. The summed E-state index contributed by atoms with van der Waals surface area (Å²) in [5.41, 5.74) is 2.23. The van der Waals surface area contributed by atoms with Crippen LogP contribution in [0.3, 0.4) is 0 Å². The second-order valence-electron chi connectivity index (χ2n) is 5.77. The van der Waals surface area contributed by atoms with Crippen LogP contribution in [0.2, 0.25) is 0 Å². The zero-order valence-electron chi connectivity index (χ0n) is 14.6. The summed E-state index contributed by atoms with van der Waals surface area (Å²) in [5.74, 6) is 0.379. The van der Waals surface area contributed by atoms with Gasteiger partial charge in [0.1, 0.15) is 23.2 Å². The van der Waals surface area contributed by atoms with E-state index < -0.39 is 11.6 Å². The predicted molar refractivity (Wildman–Crippen MR) is 97.4 cm³/mol. The van der Waals surface area contributed by atoms with Gasteiger partial charge in [-0.3, -0.25) is 0 Å². The molecular formula is C19H18F2N4O. The molecule has 2 aromatic carbocycles. The first-order valence-corrected chi connectivity index (χ1v) is 7.94. The van der Waals surface area contributed by atoms with Crippen molar-refractivity contribution in [1.82, 2.24) is 9.97 Å². The Morgan fingerprint density at radius 3 is 2.27 bits per heavy atom. The molecule has 0 saturated carbocycles. The predicted octanol–water partition coefficient (Wildman–Crippen LogP) is 4.87. The van der Waals surface area contributed by atoms with Gasteiger partial charge >= 0.3 is 0 Å². The third-order valence-electron chi connectivity index (χ3n) is 3.65. The second kappa shape index (κ2) is 7.35. The Bertz CT molecular complexity index is 947. The first-order chi connectivity index (χ1) is 12.4. The zero-order valence-corrected chi connectivity index (χ0v) is 14.6. The minimum absolute atomic E-state index is 0.390. The van der Waals surface area contributed by atoms with E-state index >= 15 is 0 Å². The number of halogens is 2. The van der Waals surface area contributed by atoms with Crippen molar-refractivity contribution < 1.29 is 13.5 Å². The van der Waals surface area contributed by atoms with Crippen molar-refractivity contribution >= 4 is 23.0 Å². The third-order valence-corrected chi connectivity index (χ3v) is 3.65. The van der Waals surface area contributed by atoms with E-state index in [1.165, 1.54) is 6.07 Å². The third kappa shape index (κ3) is 4.05. The first kappa shape index (κ1) is 17.6. The number of ether oxygens (including phenoxy) is 1. The Kier molecular flexibility index (Phi) is 4.97. The van der Waals surface area contributed by atoms with Gasteiger partial charge in [-0.15, -0.1) is 0 Å². The molecule has 2 N–H and O–H groups in total.